The van der Waals surface area contributed by atoms with Crippen LogP contribution in [0.4, 0.5) is 0 Å². The molecule has 0 spiro atoms. The second kappa shape index (κ2) is 5.19. The van der Waals surface area contributed by atoms with Gasteiger partial charge in [-0.1, -0.05) is 42.5 Å². The van der Waals surface area contributed by atoms with E-state index in [1.807, 2.05) is 61.7 Å². The number of thioether (sulfide) groups is 1. The lowest BCUT2D eigenvalue weighted by Crippen LogP contribution is -2.04. The Morgan fingerprint density at radius 2 is 1.71 bits per heavy atom. The largest absolute Gasteiger partial charge is 0.289 e. The summed E-state index contributed by atoms with van der Waals surface area (Å²) in [5.41, 5.74) is 2.60. The van der Waals surface area contributed by atoms with Gasteiger partial charge >= 0.3 is 0 Å². The average molecular weight is 242 g/mol. The van der Waals surface area contributed by atoms with E-state index in [9.17, 15) is 4.79 Å². The fourth-order valence-electron chi connectivity index (χ4n) is 1.83. The highest BCUT2D eigenvalue weighted by atomic mass is 32.2. The van der Waals surface area contributed by atoms with Gasteiger partial charge in [0.15, 0.2) is 5.78 Å². The van der Waals surface area contributed by atoms with Crippen molar-refractivity contribution in [3.8, 4) is 0 Å². The molecule has 0 aliphatic carbocycles. The van der Waals surface area contributed by atoms with Crippen molar-refractivity contribution in [2.45, 2.75) is 11.8 Å². The first-order valence-electron chi connectivity index (χ1n) is 5.47. The summed E-state index contributed by atoms with van der Waals surface area (Å²) >= 11 is 1.67. The molecule has 0 atom stereocenters. The maximum absolute atomic E-state index is 12.3. The molecular formula is C15H14OS. The molecule has 0 bridgehead atoms. The van der Waals surface area contributed by atoms with Gasteiger partial charge in [0, 0.05) is 16.0 Å². The van der Waals surface area contributed by atoms with Crippen LogP contribution in [-0.4, -0.2) is 12.0 Å². The molecule has 0 heterocycles. The standard InChI is InChI=1S/C15H14OS/c1-11-13(9-6-10-14(11)17-2)15(16)12-7-4-3-5-8-12/h3-10H,1-2H3. The zero-order valence-electron chi connectivity index (χ0n) is 9.94. The van der Waals surface area contributed by atoms with Gasteiger partial charge in [0.2, 0.25) is 0 Å². The normalized spacial score (nSPS) is 10.2. The summed E-state index contributed by atoms with van der Waals surface area (Å²) in [6.07, 6.45) is 2.03. The zero-order chi connectivity index (χ0) is 12.3. The second-order valence-corrected chi connectivity index (χ2v) is 4.68. The summed E-state index contributed by atoms with van der Waals surface area (Å²) in [6.45, 7) is 2.00. The molecule has 0 amide bonds. The highest BCUT2D eigenvalue weighted by Gasteiger charge is 2.12. The van der Waals surface area contributed by atoms with Crippen LogP contribution in [-0.2, 0) is 0 Å². The van der Waals surface area contributed by atoms with Gasteiger partial charge in [-0.2, -0.15) is 0 Å². The van der Waals surface area contributed by atoms with Crippen molar-refractivity contribution in [3.05, 3.63) is 65.2 Å². The van der Waals surface area contributed by atoms with E-state index >= 15 is 0 Å². The van der Waals surface area contributed by atoms with Crippen LogP contribution in [0.2, 0.25) is 0 Å². The van der Waals surface area contributed by atoms with Gasteiger partial charge in [-0.05, 0) is 24.8 Å². The summed E-state index contributed by atoms with van der Waals surface area (Å²) in [6, 6.07) is 15.3. The van der Waals surface area contributed by atoms with Gasteiger partial charge in [0.25, 0.3) is 0 Å². The molecular weight excluding hydrogens is 228 g/mol. The van der Waals surface area contributed by atoms with E-state index in [0.717, 1.165) is 21.6 Å². The zero-order valence-corrected chi connectivity index (χ0v) is 10.8. The summed E-state index contributed by atoms with van der Waals surface area (Å²) in [7, 11) is 0. The second-order valence-electron chi connectivity index (χ2n) is 3.83. The van der Waals surface area contributed by atoms with Gasteiger partial charge in [-0.3, -0.25) is 4.79 Å². The predicted molar refractivity (Wildman–Crippen MR) is 72.8 cm³/mol. The monoisotopic (exact) mass is 242 g/mol. The number of benzene rings is 2. The van der Waals surface area contributed by atoms with Crippen LogP contribution in [0.5, 0.6) is 0 Å². The first-order valence-corrected chi connectivity index (χ1v) is 6.70. The van der Waals surface area contributed by atoms with E-state index in [1.54, 1.807) is 11.8 Å². The molecule has 0 aliphatic heterocycles. The molecule has 2 heteroatoms. The lowest BCUT2D eigenvalue weighted by molar-refractivity contribution is 0.103. The van der Waals surface area contributed by atoms with E-state index < -0.39 is 0 Å². The average Bonchev–Trinajstić information content (AvgIpc) is 2.39. The third-order valence-corrected chi connectivity index (χ3v) is 3.67. The number of carbonyl (C=O) groups is 1. The van der Waals surface area contributed by atoms with E-state index in [1.165, 1.54) is 0 Å². The quantitative estimate of drug-likeness (QED) is 0.599. The van der Waals surface area contributed by atoms with Crippen LogP contribution >= 0.6 is 11.8 Å². The Morgan fingerprint density at radius 3 is 2.35 bits per heavy atom. The Bertz CT molecular complexity index is 532. The van der Waals surface area contributed by atoms with Crippen LogP contribution < -0.4 is 0 Å². The topological polar surface area (TPSA) is 17.1 Å². The van der Waals surface area contributed by atoms with Crippen molar-refractivity contribution in [2.24, 2.45) is 0 Å². The van der Waals surface area contributed by atoms with E-state index in [-0.39, 0.29) is 5.78 Å². The lowest BCUT2D eigenvalue weighted by Gasteiger charge is -2.08. The molecule has 0 N–H and O–H groups in total. The molecule has 0 unspecified atom stereocenters. The molecule has 17 heavy (non-hydrogen) atoms. The summed E-state index contributed by atoms with van der Waals surface area (Å²) in [5.74, 6) is 0.0963. The van der Waals surface area contributed by atoms with Gasteiger partial charge in [-0.25, -0.2) is 0 Å². The summed E-state index contributed by atoms with van der Waals surface area (Å²) in [4.78, 5) is 13.5. The molecule has 0 fully saturated rings. The van der Waals surface area contributed by atoms with Crippen molar-refractivity contribution >= 4 is 17.5 Å². The third-order valence-electron chi connectivity index (χ3n) is 2.78. The molecule has 2 rings (SSSR count). The van der Waals surface area contributed by atoms with Gasteiger partial charge < -0.3 is 0 Å². The number of hydrogen-bond donors (Lipinski definition) is 0. The van der Waals surface area contributed by atoms with Crippen LogP contribution in [0.1, 0.15) is 21.5 Å². The van der Waals surface area contributed by atoms with Gasteiger partial charge in [0.1, 0.15) is 0 Å². The smallest absolute Gasteiger partial charge is 0.193 e. The molecule has 0 radical (unpaired) electrons. The van der Waals surface area contributed by atoms with E-state index in [4.69, 9.17) is 0 Å². The number of carbonyl (C=O) groups excluding carboxylic acids is 1. The summed E-state index contributed by atoms with van der Waals surface area (Å²) < 4.78 is 0. The first-order chi connectivity index (χ1) is 8.24. The minimum absolute atomic E-state index is 0.0963. The van der Waals surface area contributed by atoms with E-state index in [2.05, 4.69) is 0 Å². The minimum atomic E-state index is 0.0963. The first kappa shape index (κ1) is 11.9. The van der Waals surface area contributed by atoms with Crippen molar-refractivity contribution in [2.75, 3.05) is 6.26 Å². The Balaban J connectivity index is 2.45. The maximum Gasteiger partial charge on any atom is 0.193 e. The van der Waals surface area contributed by atoms with Crippen molar-refractivity contribution in [1.29, 1.82) is 0 Å². The Hall–Kier alpha value is -1.54. The SMILES string of the molecule is CSc1cccc(C(=O)c2ccccc2)c1C. The van der Waals surface area contributed by atoms with Crippen LogP contribution in [0, 0.1) is 6.92 Å². The highest BCUT2D eigenvalue weighted by molar-refractivity contribution is 7.98. The molecule has 2 aromatic rings. The molecule has 2 aromatic carbocycles. The van der Waals surface area contributed by atoms with E-state index in [0.29, 0.717) is 0 Å². The number of hydrogen-bond acceptors (Lipinski definition) is 2. The number of ketones is 1. The minimum Gasteiger partial charge on any atom is -0.289 e. The van der Waals surface area contributed by atoms with Crippen molar-refractivity contribution in [3.63, 3.8) is 0 Å². The predicted octanol–water partition coefficient (Wildman–Crippen LogP) is 3.95. The fourth-order valence-corrected chi connectivity index (χ4v) is 2.46. The highest BCUT2D eigenvalue weighted by Crippen LogP contribution is 2.24. The van der Waals surface area contributed by atoms with Crippen LogP contribution in [0.15, 0.2) is 53.4 Å². The maximum atomic E-state index is 12.3. The third kappa shape index (κ3) is 2.42. The van der Waals surface area contributed by atoms with Gasteiger partial charge in [0.05, 0.1) is 0 Å². The number of rotatable bonds is 3. The Kier molecular flexibility index (Phi) is 3.64. The van der Waals surface area contributed by atoms with Crippen LogP contribution in [0.3, 0.4) is 0 Å². The molecule has 86 valence electrons. The van der Waals surface area contributed by atoms with Crippen molar-refractivity contribution in [1.82, 2.24) is 0 Å². The Morgan fingerprint density at radius 1 is 1.00 bits per heavy atom. The fraction of sp³-hybridized carbons (Fsp3) is 0.133. The van der Waals surface area contributed by atoms with Gasteiger partial charge in [-0.15, -0.1) is 11.8 Å². The molecule has 0 aromatic heterocycles. The molecule has 0 aliphatic rings. The molecule has 0 saturated carbocycles. The van der Waals surface area contributed by atoms with Crippen LogP contribution in [0.25, 0.3) is 0 Å². The Labute approximate surface area is 106 Å². The lowest BCUT2D eigenvalue weighted by atomic mass is 9.99. The molecule has 1 nitrogen and oxygen atoms in total. The molecule has 0 saturated heterocycles. The van der Waals surface area contributed by atoms with Crippen molar-refractivity contribution < 1.29 is 4.79 Å². The summed E-state index contributed by atoms with van der Waals surface area (Å²) in [5, 5.41) is 0.